The maximum atomic E-state index is 8.82. The molecule has 5 heteroatoms. The van der Waals surface area contributed by atoms with Crippen molar-refractivity contribution in [3.8, 4) is 0 Å². The Kier molecular flexibility index (Phi) is 1.60. The molecule has 0 atom stereocenters. The average Bonchev–Trinajstić information content (AvgIpc) is 2.49. The summed E-state index contributed by atoms with van der Waals surface area (Å²) in [6, 6.07) is 4.91. The van der Waals surface area contributed by atoms with Crippen molar-refractivity contribution in [2.24, 2.45) is 0 Å². The first-order chi connectivity index (χ1) is 5.77. The molecule has 2 N–H and O–H groups in total. The molecule has 2 rings (SSSR count). The lowest BCUT2D eigenvalue weighted by Gasteiger charge is -1.96. The van der Waals surface area contributed by atoms with Crippen LogP contribution in [0.1, 0.15) is 0 Å². The predicted molar refractivity (Wildman–Crippen MR) is 43.8 cm³/mol. The molecule has 12 heavy (non-hydrogen) atoms. The Morgan fingerprint density at radius 1 is 1.33 bits per heavy atom. The van der Waals surface area contributed by atoms with Gasteiger partial charge in [0.2, 0.25) is 0 Å². The number of hydrogen-bond donors (Lipinski definition) is 2. The van der Waals surface area contributed by atoms with Crippen LogP contribution in [0, 0.1) is 0 Å². The second kappa shape index (κ2) is 2.62. The smallest absolute Gasteiger partial charge is 0.423 e. The third kappa shape index (κ3) is 1.09. The van der Waals surface area contributed by atoms with E-state index in [1.165, 1.54) is 6.26 Å². The second-order valence-electron chi connectivity index (χ2n) is 2.51. The molecule has 0 aliphatic rings. The van der Waals surface area contributed by atoms with E-state index < -0.39 is 7.12 Å². The number of hydrogen-bond acceptors (Lipinski definition) is 4. The lowest BCUT2D eigenvalue weighted by molar-refractivity contribution is 0.425. The standard InChI is InChI=1S/C7H6BNO3/c10-8(11)6-2-1-5-4-12-9-7(5)3-6/h1-4,10-11H. The molecule has 1 aromatic heterocycles. The van der Waals surface area contributed by atoms with E-state index >= 15 is 0 Å². The molecule has 1 aromatic carbocycles. The van der Waals surface area contributed by atoms with Gasteiger partial charge in [-0.25, -0.2) is 0 Å². The van der Waals surface area contributed by atoms with Gasteiger partial charge in [-0.05, 0) is 17.6 Å². The van der Waals surface area contributed by atoms with Crippen molar-refractivity contribution in [3.63, 3.8) is 0 Å². The third-order valence-electron chi connectivity index (χ3n) is 1.68. The average molecular weight is 163 g/mol. The SMILES string of the molecule is OB(O)c1ccc2conc2c1. The van der Waals surface area contributed by atoms with E-state index in [4.69, 9.17) is 10.0 Å². The predicted octanol–water partition coefficient (Wildman–Crippen LogP) is -0.492. The molecule has 0 unspecified atom stereocenters. The number of benzene rings is 1. The van der Waals surface area contributed by atoms with E-state index in [-0.39, 0.29) is 0 Å². The summed E-state index contributed by atoms with van der Waals surface area (Å²) < 4.78 is 4.69. The van der Waals surface area contributed by atoms with E-state index in [2.05, 4.69) is 9.68 Å². The molecular formula is C7H6BNO3. The highest BCUT2D eigenvalue weighted by atomic mass is 16.5. The Labute approximate surface area is 68.6 Å². The molecule has 0 amide bonds. The fourth-order valence-electron chi connectivity index (χ4n) is 1.04. The van der Waals surface area contributed by atoms with E-state index in [0.717, 1.165) is 5.39 Å². The Morgan fingerprint density at radius 2 is 2.17 bits per heavy atom. The van der Waals surface area contributed by atoms with Crippen LogP contribution in [0.4, 0.5) is 0 Å². The van der Waals surface area contributed by atoms with Crippen LogP contribution in [0.3, 0.4) is 0 Å². The van der Waals surface area contributed by atoms with Crippen molar-refractivity contribution in [3.05, 3.63) is 24.5 Å². The van der Waals surface area contributed by atoms with Crippen molar-refractivity contribution < 1.29 is 14.6 Å². The van der Waals surface area contributed by atoms with Crippen LogP contribution in [0.2, 0.25) is 0 Å². The lowest BCUT2D eigenvalue weighted by atomic mass is 9.80. The van der Waals surface area contributed by atoms with E-state index in [9.17, 15) is 0 Å². The molecule has 0 radical (unpaired) electrons. The molecule has 4 nitrogen and oxygen atoms in total. The van der Waals surface area contributed by atoms with Crippen molar-refractivity contribution >= 4 is 23.5 Å². The summed E-state index contributed by atoms with van der Waals surface area (Å²) >= 11 is 0. The van der Waals surface area contributed by atoms with Crippen LogP contribution < -0.4 is 5.46 Å². The Morgan fingerprint density at radius 3 is 2.92 bits per heavy atom. The first-order valence-electron chi connectivity index (χ1n) is 3.47. The summed E-state index contributed by atoms with van der Waals surface area (Å²) in [5.41, 5.74) is 1.04. The van der Waals surface area contributed by atoms with E-state index in [1.54, 1.807) is 18.2 Å². The molecule has 1 heterocycles. The minimum Gasteiger partial charge on any atom is -0.423 e. The molecule has 0 saturated heterocycles. The van der Waals surface area contributed by atoms with Crippen LogP contribution in [0.15, 0.2) is 29.0 Å². The molecule has 60 valence electrons. The molecule has 0 fully saturated rings. The molecule has 0 aliphatic carbocycles. The summed E-state index contributed by atoms with van der Waals surface area (Å²) in [6.07, 6.45) is 1.50. The molecule has 2 aromatic rings. The number of rotatable bonds is 1. The maximum absolute atomic E-state index is 8.82. The summed E-state index contributed by atoms with van der Waals surface area (Å²) in [7, 11) is -1.45. The fourth-order valence-corrected chi connectivity index (χ4v) is 1.04. The van der Waals surface area contributed by atoms with Gasteiger partial charge in [-0.2, -0.15) is 0 Å². The van der Waals surface area contributed by atoms with Gasteiger partial charge < -0.3 is 14.6 Å². The van der Waals surface area contributed by atoms with Crippen molar-refractivity contribution in [1.29, 1.82) is 0 Å². The molecule has 0 spiro atoms. The Bertz CT molecular complexity index is 398. The maximum Gasteiger partial charge on any atom is 0.488 e. The van der Waals surface area contributed by atoms with Gasteiger partial charge >= 0.3 is 7.12 Å². The van der Waals surface area contributed by atoms with Crippen molar-refractivity contribution in [2.75, 3.05) is 0 Å². The molecular weight excluding hydrogens is 157 g/mol. The first kappa shape index (κ1) is 7.33. The zero-order valence-corrected chi connectivity index (χ0v) is 6.14. The minimum absolute atomic E-state index is 0.413. The molecule has 0 saturated carbocycles. The number of fused-ring (bicyclic) bond motifs is 1. The monoisotopic (exact) mass is 163 g/mol. The van der Waals surface area contributed by atoms with Crippen LogP contribution in [-0.2, 0) is 0 Å². The summed E-state index contributed by atoms with van der Waals surface area (Å²) in [5, 5.41) is 22.1. The lowest BCUT2D eigenvalue weighted by Crippen LogP contribution is -2.29. The van der Waals surface area contributed by atoms with Gasteiger partial charge in [0.15, 0.2) is 0 Å². The topological polar surface area (TPSA) is 66.5 Å². The van der Waals surface area contributed by atoms with Crippen LogP contribution in [0.5, 0.6) is 0 Å². The Balaban J connectivity index is 2.60. The van der Waals surface area contributed by atoms with Crippen LogP contribution in [0.25, 0.3) is 10.9 Å². The van der Waals surface area contributed by atoms with Crippen molar-refractivity contribution in [1.82, 2.24) is 5.16 Å². The zero-order chi connectivity index (χ0) is 8.55. The fraction of sp³-hybridized carbons (Fsp3) is 0. The van der Waals surface area contributed by atoms with Gasteiger partial charge in [0.1, 0.15) is 11.8 Å². The van der Waals surface area contributed by atoms with Gasteiger partial charge in [0, 0.05) is 5.39 Å². The zero-order valence-electron chi connectivity index (χ0n) is 6.14. The van der Waals surface area contributed by atoms with E-state index in [0.29, 0.717) is 11.0 Å². The summed E-state index contributed by atoms with van der Waals surface area (Å²) in [5.74, 6) is 0. The van der Waals surface area contributed by atoms with Crippen LogP contribution in [-0.4, -0.2) is 22.3 Å². The first-order valence-corrected chi connectivity index (χ1v) is 3.47. The van der Waals surface area contributed by atoms with Gasteiger partial charge in [0.25, 0.3) is 0 Å². The van der Waals surface area contributed by atoms with E-state index in [1.807, 2.05) is 0 Å². The molecule has 0 bridgehead atoms. The minimum atomic E-state index is -1.45. The van der Waals surface area contributed by atoms with Crippen LogP contribution >= 0.6 is 0 Å². The van der Waals surface area contributed by atoms with Gasteiger partial charge in [0.05, 0.1) is 0 Å². The number of aromatic nitrogens is 1. The quantitative estimate of drug-likeness (QED) is 0.556. The highest BCUT2D eigenvalue weighted by Gasteiger charge is 2.11. The van der Waals surface area contributed by atoms with Gasteiger partial charge in [-0.3, -0.25) is 0 Å². The highest BCUT2D eigenvalue weighted by Crippen LogP contribution is 2.08. The highest BCUT2D eigenvalue weighted by molar-refractivity contribution is 6.58. The Hall–Kier alpha value is -1.33. The summed E-state index contributed by atoms with van der Waals surface area (Å²) in [6.45, 7) is 0. The summed E-state index contributed by atoms with van der Waals surface area (Å²) in [4.78, 5) is 0. The van der Waals surface area contributed by atoms with Gasteiger partial charge in [-0.15, -0.1) is 0 Å². The third-order valence-corrected chi connectivity index (χ3v) is 1.68. The largest absolute Gasteiger partial charge is 0.488 e. The van der Waals surface area contributed by atoms with Gasteiger partial charge in [-0.1, -0.05) is 11.2 Å². The number of nitrogens with zero attached hydrogens (tertiary/aromatic N) is 1. The normalized spacial score (nSPS) is 10.5. The van der Waals surface area contributed by atoms with Crippen molar-refractivity contribution in [2.45, 2.75) is 0 Å². The second-order valence-corrected chi connectivity index (χ2v) is 2.51. The molecule has 0 aliphatic heterocycles.